The highest BCUT2D eigenvalue weighted by Gasteiger charge is 2.12. The van der Waals surface area contributed by atoms with E-state index in [1.807, 2.05) is 6.07 Å². The molecule has 1 heterocycles. The Balaban J connectivity index is 0.00000289. The molecule has 2 N–H and O–H groups in total. The average molecular weight is 516 g/mol. The zero-order valence-electron chi connectivity index (χ0n) is 18.3. The number of aromatic amines is 1. The van der Waals surface area contributed by atoms with Crippen molar-refractivity contribution in [3.63, 3.8) is 0 Å². The Labute approximate surface area is 203 Å². The smallest absolute Gasteiger partial charge is 0.175 e. The Hall–Kier alpha value is -2.47. The number of hydrogen-bond donors (Lipinski definition) is 2. The van der Waals surface area contributed by atoms with Crippen LogP contribution in [0.15, 0.2) is 71.3 Å². The quantitative estimate of drug-likeness (QED) is 0.248. The van der Waals surface area contributed by atoms with E-state index in [1.54, 1.807) is 7.11 Å². The minimum absolute atomic E-state index is 0. The highest BCUT2D eigenvalue weighted by molar-refractivity contribution is 9.10. The summed E-state index contributed by atoms with van der Waals surface area (Å²) in [4.78, 5) is 3.34. The number of H-pyrrole nitrogens is 1. The van der Waals surface area contributed by atoms with Crippen LogP contribution in [0.4, 0.5) is 0 Å². The number of rotatable bonds is 9. The molecule has 0 aliphatic carbocycles. The molecule has 0 radical (unpaired) electrons. The lowest BCUT2D eigenvalue weighted by Gasteiger charge is -2.15. The Bertz CT molecular complexity index is 1160. The number of ether oxygens (including phenoxy) is 2. The topological polar surface area (TPSA) is 46.3 Å². The van der Waals surface area contributed by atoms with Gasteiger partial charge < -0.3 is 19.8 Å². The number of nitrogens with one attached hydrogen (secondary N) is 2. The molecule has 0 fully saturated rings. The van der Waals surface area contributed by atoms with Gasteiger partial charge in [0, 0.05) is 23.6 Å². The number of methoxy groups -OCH3 is 1. The molecule has 0 unspecified atom stereocenters. The van der Waals surface area contributed by atoms with Gasteiger partial charge in [-0.1, -0.05) is 48.0 Å². The molecule has 0 spiro atoms. The Kier molecular flexibility index (Phi) is 8.62. The lowest BCUT2D eigenvalue weighted by Crippen LogP contribution is -2.16. The van der Waals surface area contributed by atoms with Gasteiger partial charge in [-0.25, -0.2) is 0 Å². The van der Waals surface area contributed by atoms with Gasteiger partial charge in [0.1, 0.15) is 6.61 Å². The standard InChI is InChI=1S/C26H27BrN2O2.ClH/c1-18-7-9-19(10-8-18)17-31-26-23(27)13-20(14-25(26)30-2)15-28-12-11-21-16-29-24-6-4-3-5-22(21)24;/h3-10,13-14,16,28-29H,11-12,15,17H2,1-2H3;1H. The molecular weight excluding hydrogens is 488 g/mol. The van der Waals surface area contributed by atoms with Gasteiger partial charge in [0.25, 0.3) is 0 Å². The third-order valence-corrected chi connectivity index (χ3v) is 5.96. The van der Waals surface area contributed by atoms with Gasteiger partial charge in [0.05, 0.1) is 11.6 Å². The molecule has 32 heavy (non-hydrogen) atoms. The molecule has 3 aromatic carbocycles. The maximum absolute atomic E-state index is 6.06. The number of halogens is 2. The van der Waals surface area contributed by atoms with Gasteiger partial charge in [-0.2, -0.15) is 0 Å². The van der Waals surface area contributed by atoms with Crippen LogP contribution in [0.1, 0.15) is 22.3 Å². The molecular formula is C26H28BrClN2O2. The predicted molar refractivity (Wildman–Crippen MR) is 137 cm³/mol. The maximum atomic E-state index is 6.06. The number of hydrogen-bond acceptors (Lipinski definition) is 3. The van der Waals surface area contributed by atoms with E-state index < -0.39 is 0 Å². The lowest BCUT2D eigenvalue weighted by atomic mass is 10.1. The summed E-state index contributed by atoms with van der Waals surface area (Å²) in [5.74, 6) is 1.46. The van der Waals surface area contributed by atoms with E-state index in [1.165, 1.54) is 22.0 Å². The van der Waals surface area contributed by atoms with Crippen LogP contribution in [0.3, 0.4) is 0 Å². The van der Waals surface area contributed by atoms with Crippen LogP contribution in [0, 0.1) is 6.92 Å². The normalized spacial score (nSPS) is 10.7. The molecule has 168 valence electrons. The van der Waals surface area contributed by atoms with E-state index >= 15 is 0 Å². The summed E-state index contributed by atoms with van der Waals surface area (Å²) >= 11 is 3.65. The Morgan fingerprint density at radius 3 is 2.56 bits per heavy atom. The van der Waals surface area contributed by atoms with Crippen LogP contribution in [-0.4, -0.2) is 18.6 Å². The molecule has 0 atom stereocenters. The molecule has 0 aliphatic rings. The molecule has 1 aromatic heterocycles. The van der Waals surface area contributed by atoms with E-state index in [4.69, 9.17) is 9.47 Å². The molecule has 0 saturated carbocycles. The first-order chi connectivity index (χ1) is 15.1. The molecule has 4 nitrogen and oxygen atoms in total. The van der Waals surface area contributed by atoms with Crippen LogP contribution in [0.25, 0.3) is 10.9 Å². The fourth-order valence-electron chi connectivity index (χ4n) is 3.65. The number of fused-ring (bicyclic) bond motifs is 1. The Morgan fingerprint density at radius 1 is 1.00 bits per heavy atom. The van der Waals surface area contributed by atoms with Crippen molar-refractivity contribution in [2.45, 2.75) is 26.5 Å². The van der Waals surface area contributed by atoms with Gasteiger partial charge in [-0.3, -0.25) is 0 Å². The van der Waals surface area contributed by atoms with Gasteiger partial charge in [0.2, 0.25) is 0 Å². The van der Waals surface area contributed by atoms with Crippen LogP contribution < -0.4 is 14.8 Å². The second-order valence-electron chi connectivity index (χ2n) is 7.67. The van der Waals surface area contributed by atoms with Crippen molar-refractivity contribution in [3.8, 4) is 11.5 Å². The molecule has 0 bridgehead atoms. The summed E-state index contributed by atoms with van der Waals surface area (Å²) in [6.45, 7) is 4.23. The van der Waals surface area contributed by atoms with E-state index in [9.17, 15) is 0 Å². The largest absolute Gasteiger partial charge is 0.493 e. The van der Waals surface area contributed by atoms with Crippen molar-refractivity contribution in [1.29, 1.82) is 0 Å². The molecule has 6 heteroatoms. The van der Waals surface area contributed by atoms with Gasteiger partial charge in [-0.15, -0.1) is 12.4 Å². The zero-order valence-corrected chi connectivity index (χ0v) is 20.7. The van der Waals surface area contributed by atoms with Crippen molar-refractivity contribution < 1.29 is 9.47 Å². The maximum Gasteiger partial charge on any atom is 0.175 e. The third kappa shape index (κ3) is 5.85. The van der Waals surface area contributed by atoms with Crippen LogP contribution in [-0.2, 0) is 19.6 Å². The van der Waals surface area contributed by atoms with Gasteiger partial charge >= 0.3 is 0 Å². The lowest BCUT2D eigenvalue weighted by molar-refractivity contribution is 0.282. The van der Waals surface area contributed by atoms with Gasteiger partial charge in [-0.05, 0) is 70.7 Å². The fraction of sp³-hybridized carbons (Fsp3) is 0.231. The molecule has 0 amide bonds. The van der Waals surface area contributed by atoms with Crippen molar-refractivity contribution in [1.82, 2.24) is 10.3 Å². The highest BCUT2D eigenvalue weighted by Crippen LogP contribution is 2.37. The fourth-order valence-corrected chi connectivity index (χ4v) is 4.25. The van der Waals surface area contributed by atoms with Crippen molar-refractivity contribution in [2.75, 3.05) is 13.7 Å². The number of aromatic nitrogens is 1. The minimum Gasteiger partial charge on any atom is -0.493 e. The van der Waals surface area contributed by atoms with Crippen molar-refractivity contribution in [2.24, 2.45) is 0 Å². The first kappa shape index (κ1) is 24.2. The predicted octanol–water partition coefficient (Wildman–Crippen LogP) is 6.58. The summed E-state index contributed by atoms with van der Waals surface area (Å²) < 4.78 is 12.6. The summed E-state index contributed by atoms with van der Waals surface area (Å²) in [6.07, 6.45) is 3.08. The number of para-hydroxylation sites is 1. The Morgan fingerprint density at radius 2 is 1.78 bits per heavy atom. The van der Waals surface area contributed by atoms with Crippen LogP contribution >= 0.6 is 28.3 Å². The summed E-state index contributed by atoms with van der Waals surface area (Å²) in [7, 11) is 1.68. The second-order valence-corrected chi connectivity index (χ2v) is 8.52. The monoisotopic (exact) mass is 514 g/mol. The zero-order chi connectivity index (χ0) is 21.6. The van der Waals surface area contributed by atoms with E-state index in [0.29, 0.717) is 6.61 Å². The molecule has 0 saturated heterocycles. The number of aryl methyl sites for hydroxylation is 1. The van der Waals surface area contributed by atoms with E-state index in [2.05, 4.69) is 93.9 Å². The average Bonchev–Trinajstić information content (AvgIpc) is 3.20. The molecule has 4 rings (SSSR count). The summed E-state index contributed by atoms with van der Waals surface area (Å²) in [5, 5.41) is 4.83. The van der Waals surface area contributed by atoms with Gasteiger partial charge in [0.15, 0.2) is 11.5 Å². The SMILES string of the molecule is COc1cc(CNCCc2c[nH]c3ccccc23)cc(Br)c1OCc1ccc(C)cc1.Cl. The molecule has 0 aliphatic heterocycles. The van der Waals surface area contributed by atoms with E-state index in [-0.39, 0.29) is 12.4 Å². The first-order valence-electron chi connectivity index (χ1n) is 10.4. The number of benzene rings is 3. The van der Waals surface area contributed by atoms with E-state index in [0.717, 1.165) is 46.6 Å². The van der Waals surface area contributed by atoms with Crippen LogP contribution in [0.5, 0.6) is 11.5 Å². The highest BCUT2D eigenvalue weighted by atomic mass is 79.9. The summed E-state index contributed by atoms with van der Waals surface area (Å²) in [6, 6.07) is 20.9. The van der Waals surface area contributed by atoms with Crippen molar-refractivity contribution in [3.05, 3.63) is 93.6 Å². The first-order valence-corrected chi connectivity index (χ1v) is 11.2. The summed E-state index contributed by atoms with van der Waals surface area (Å²) in [5.41, 5.74) is 6.03. The molecule has 4 aromatic rings. The van der Waals surface area contributed by atoms with Crippen molar-refractivity contribution >= 4 is 39.2 Å². The van der Waals surface area contributed by atoms with Crippen LogP contribution in [0.2, 0.25) is 0 Å². The third-order valence-electron chi connectivity index (χ3n) is 5.37. The second kappa shape index (κ2) is 11.4. The minimum atomic E-state index is 0.